The van der Waals surface area contributed by atoms with Crippen molar-refractivity contribution in [1.29, 1.82) is 0 Å². The van der Waals surface area contributed by atoms with E-state index in [0.29, 0.717) is 6.54 Å². The standard InChI is InChI=1S/C22H17ClN2O4/c23-20-12-18(25(27)28)6-7-19(20)22(26)24-13-14-1-3-15(4-2-14)16-5-8-21-17(11-16)9-10-29-21/h1-8,11-12H,9-10,13H2,(H,24,26). The Hall–Kier alpha value is -3.38. The van der Waals surface area contributed by atoms with Crippen LogP contribution in [-0.2, 0) is 13.0 Å². The molecule has 0 fully saturated rings. The van der Waals surface area contributed by atoms with E-state index in [9.17, 15) is 14.9 Å². The first-order valence-electron chi connectivity index (χ1n) is 9.08. The number of fused-ring (bicyclic) bond motifs is 1. The third-order valence-corrected chi connectivity index (χ3v) is 5.15. The number of ether oxygens (including phenoxy) is 1. The van der Waals surface area contributed by atoms with Gasteiger partial charge in [0.25, 0.3) is 11.6 Å². The van der Waals surface area contributed by atoms with E-state index in [1.807, 2.05) is 36.4 Å². The van der Waals surface area contributed by atoms with Gasteiger partial charge < -0.3 is 10.1 Å². The summed E-state index contributed by atoms with van der Waals surface area (Å²) in [5, 5.41) is 13.6. The van der Waals surface area contributed by atoms with Crippen molar-refractivity contribution in [2.24, 2.45) is 0 Å². The van der Waals surface area contributed by atoms with Crippen molar-refractivity contribution in [2.45, 2.75) is 13.0 Å². The normalized spacial score (nSPS) is 12.2. The Labute approximate surface area is 172 Å². The fourth-order valence-corrected chi connectivity index (χ4v) is 3.52. The Morgan fingerprint density at radius 3 is 2.55 bits per heavy atom. The van der Waals surface area contributed by atoms with Gasteiger partial charge in [0.2, 0.25) is 0 Å². The van der Waals surface area contributed by atoms with Crippen molar-refractivity contribution in [3.05, 3.63) is 92.5 Å². The lowest BCUT2D eigenvalue weighted by atomic mass is 10.0. The largest absolute Gasteiger partial charge is 0.493 e. The number of rotatable bonds is 5. The summed E-state index contributed by atoms with van der Waals surface area (Å²) >= 11 is 6.00. The van der Waals surface area contributed by atoms with Crippen LogP contribution in [0.15, 0.2) is 60.7 Å². The molecule has 1 aliphatic rings. The zero-order chi connectivity index (χ0) is 20.4. The second-order valence-corrected chi connectivity index (χ2v) is 7.13. The summed E-state index contributed by atoms with van der Waals surface area (Å²) in [4.78, 5) is 22.6. The van der Waals surface area contributed by atoms with Crippen LogP contribution in [0.2, 0.25) is 5.02 Å². The fraction of sp³-hybridized carbons (Fsp3) is 0.136. The van der Waals surface area contributed by atoms with E-state index >= 15 is 0 Å². The smallest absolute Gasteiger partial charge is 0.270 e. The molecule has 1 heterocycles. The van der Waals surface area contributed by atoms with Crippen LogP contribution in [-0.4, -0.2) is 17.4 Å². The van der Waals surface area contributed by atoms with Crippen molar-refractivity contribution >= 4 is 23.2 Å². The third-order valence-electron chi connectivity index (χ3n) is 4.84. The van der Waals surface area contributed by atoms with Crippen molar-refractivity contribution in [3.8, 4) is 16.9 Å². The first kappa shape index (κ1) is 19.0. The molecule has 1 N–H and O–H groups in total. The topological polar surface area (TPSA) is 81.5 Å². The quantitative estimate of drug-likeness (QED) is 0.486. The number of amides is 1. The highest BCUT2D eigenvalue weighted by atomic mass is 35.5. The Balaban J connectivity index is 1.42. The van der Waals surface area contributed by atoms with E-state index in [0.717, 1.165) is 35.5 Å². The Morgan fingerprint density at radius 2 is 1.83 bits per heavy atom. The number of nitro groups is 1. The van der Waals surface area contributed by atoms with E-state index in [1.54, 1.807) is 0 Å². The minimum Gasteiger partial charge on any atom is -0.493 e. The van der Waals surface area contributed by atoms with Crippen LogP contribution in [0, 0.1) is 10.1 Å². The van der Waals surface area contributed by atoms with Gasteiger partial charge in [0.15, 0.2) is 0 Å². The molecule has 4 rings (SSSR count). The van der Waals surface area contributed by atoms with Crippen molar-refractivity contribution in [3.63, 3.8) is 0 Å². The molecule has 0 bridgehead atoms. The highest BCUT2D eigenvalue weighted by molar-refractivity contribution is 6.34. The minimum atomic E-state index is -0.552. The average molecular weight is 409 g/mol. The molecule has 1 aliphatic heterocycles. The first-order valence-corrected chi connectivity index (χ1v) is 9.46. The zero-order valence-electron chi connectivity index (χ0n) is 15.4. The molecule has 0 spiro atoms. The molecule has 1 amide bonds. The van der Waals surface area contributed by atoms with Crippen LogP contribution in [0.3, 0.4) is 0 Å². The van der Waals surface area contributed by atoms with Crippen LogP contribution in [0.5, 0.6) is 5.75 Å². The molecule has 0 atom stereocenters. The average Bonchev–Trinajstić information content (AvgIpc) is 3.20. The van der Waals surface area contributed by atoms with E-state index < -0.39 is 4.92 Å². The maximum atomic E-state index is 12.3. The van der Waals surface area contributed by atoms with Gasteiger partial charge in [-0.05, 0) is 40.5 Å². The van der Waals surface area contributed by atoms with Crippen molar-refractivity contribution < 1.29 is 14.5 Å². The van der Waals surface area contributed by atoms with Gasteiger partial charge in [0, 0.05) is 25.1 Å². The highest BCUT2D eigenvalue weighted by Crippen LogP contribution is 2.30. The van der Waals surface area contributed by atoms with Crippen LogP contribution in [0.4, 0.5) is 5.69 Å². The molecule has 7 heteroatoms. The number of nitrogens with zero attached hydrogens (tertiary/aromatic N) is 1. The molecule has 0 aliphatic carbocycles. The van der Waals surface area contributed by atoms with Crippen LogP contribution >= 0.6 is 11.6 Å². The molecular formula is C22H17ClN2O4. The van der Waals surface area contributed by atoms with Crippen LogP contribution in [0.25, 0.3) is 11.1 Å². The molecule has 0 saturated carbocycles. The lowest BCUT2D eigenvalue weighted by molar-refractivity contribution is -0.384. The van der Waals surface area contributed by atoms with Gasteiger partial charge in [0.1, 0.15) is 5.75 Å². The predicted molar refractivity (Wildman–Crippen MR) is 110 cm³/mol. The van der Waals surface area contributed by atoms with Gasteiger partial charge in [-0.15, -0.1) is 0 Å². The van der Waals surface area contributed by atoms with Gasteiger partial charge in [-0.1, -0.05) is 41.9 Å². The Morgan fingerprint density at radius 1 is 1.07 bits per heavy atom. The number of non-ortho nitro benzene ring substituents is 1. The molecule has 6 nitrogen and oxygen atoms in total. The van der Waals surface area contributed by atoms with Gasteiger partial charge in [-0.25, -0.2) is 0 Å². The molecule has 146 valence electrons. The number of nitro benzene ring substituents is 1. The monoisotopic (exact) mass is 408 g/mol. The molecule has 0 aromatic heterocycles. The number of halogens is 1. The number of benzene rings is 3. The van der Waals surface area contributed by atoms with E-state index in [-0.39, 0.29) is 22.2 Å². The first-order chi connectivity index (χ1) is 14.0. The van der Waals surface area contributed by atoms with Gasteiger partial charge in [0.05, 0.1) is 22.1 Å². The minimum absolute atomic E-state index is 0.0487. The molecular weight excluding hydrogens is 392 g/mol. The molecule has 0 saturated heterocycles. The Bertz CT molecular complexity index is 1100. The van der Waals surface area contributed by atoms with Crippen molar-refractivity contribution in [2.75, 3.05) is 6.61 Å². The summed E-state index contributed by atoms with van der Waals surface area (Å²) in [7, 11) is 0. The van der Waals surface area contributed by atoms with Crippen LogP contribution in [0.1, 0.15) is 21.5 Å². The maximum Gasteiger partial charge on any atom is 0.270 e. The van der Waals surface area contributed by atoms with E-state index in [1.165, 1.54) is 23.8 Å². The highest BCUT2D eigenvalue weighted by Gasteiger charge is 2.15. The number of hydrogen-bond acceptors (Lipinski definition) is 4. The predicted octanol–water partition coefficient (Wildman–Crippen LogP) is 4.78. The Kier molecular flexibility index (Phi) is 5.18. The second kappa shape index (κ2) is 7.93. The second-order valence-electron chi connectivity index (χ2n) is 6.72. The van der Waals surface area contributed by atoms with Crippen molar-refractivity contribution in [1.82, 2.24) is 5.32 Å². The lowest BCUT2D eigenvalue weighted by Gasteiger charge is -2.09. The maximum absolute atomic E-state index is 12.3. The van der Waals surface area contributed by atoms with E-state index in [4.69, 9.17) is 16.3 Å². The SMILES string of the molecule is O=C(NCc1ccc(-c2ccc3c(c2)CCO3)cc1)c1ccc([N+](=O)[O-])cc1Cl. The van der Waals surface area contributed by atoms with Gasteiger partial charge in [-0.3, -0.25) is 14.9 Å². The number of hydrogen-bond donors (Lipinski definition) is 1. The summed E-state index contributed by atoms with van der Waals surface area (Å²) in [6.45, 7) is 1.06. The zero-order valence-corrected chi connectivity index (χ0v) is 16.1. The number of carbonyl (C=O) groups is 1. The van der Waals surface area contributed by atoms with Gasteiger partial charge in [-0.2, -0.15) is 0 Å². The summed E-state index contributed by atoms with van der Waals surface area (Å²) < 4.78 is 5.54. The molecule has 29 heavy (non-hydrogen) atoms. The molecule has 0 unspecified atom stereocenters. The summed E-state index contributed by atoms with van der Waals surface area (Å²) in [5.41, 5.74) is 4.42. The summed E-state index contributed by atoms with van der Waals surface area (Å²) in [5.74, 6) is 0.575. The number of nitrogens with one attached hydrogen (secondary N) is 1. The fourth-order valence-electron chi connectivity index (χ4n) is 3.26. The number of carbonyl (C=O) groups excluding carboxylic acids is 1. The van der Waals surface area contributed by atoms with Crippen LogP contribution < -0.4 is 10.1 Å². The molecule has 3 aromatic carbocycles. The van der Waals surface area contributed by atoms with Gasteiger partial charge >= 0.3 is 0 Å². The molecule has 0 radical (unpaired) electrons. The molecule has 3 aromatic rings. The summed E-state index contributed by atoms with van der Waals surface area (Å²) in [6, 6.07) is 17.9. The summed E-state index contributed by atoms with van der Waals surface area (Å²) in [6.07, 6.45) is 0.929. The van der Waals surface area contributed by atoms with E-state index in [2.05, 4.69) is 11.4 Å². The third kappa shape index (κ3) is 4.07. The lowest BCUT2D eigenvalue weighted by Crippen LogP contribution is -2.23.